The first kappa shape index (κ1) is 28.2. The van der Waals surface area contributed by atoms with Crippen molar-refractivity contribution in [3.63, 3.8) is 0 Å². The molecule has 0 bridgehead atoms. The van der Waals surface area contributed by atoms with Gasteiger partial charge in [-0.05, 0) is 104 Å². The van der Waals surface area contributed by atoms with Gasteiger partial charge in [0.25, 0.3) is 0 Å². The van der Waals surface area contributed by atoms with E-state index in [0.29, 0.717) is 0 Å². The van der Waals surface area contributed by atoms with Gasteiger partial charge in [0, 0.05) is 11.1 Å². The minimum Gasteiger partial charge on any atom is -0.126 e. The summed E-state index contributed by atoms with van der Waals surface area (Å²) in [4.78, 5) is 0. The average molecular weight is 555 g/mol. The Bertz CT molecular complexity index is 1580. The van der Waals surface area contributed by atoms with Gasteiger partial charge in [-0.25, -0.2) is 0 Å². The molecule has 0 nitrogen and oxygen atoms in total. The van der Waals surface area contributed by atoms with E-state index < -0.39 is 16.1 Å². The van der Waals surface area contributed by atoms with Crippen molar-refractivity contribution in [2.24, 2.45) is 0 Å². The summed E-state index contributed by atoms with van der Waals surface area (Å²) in [6, 6.07) is 34.2. The minimum absolute atomic E-state index is 1.18. The van der Waals surface area contributed by atoms with Gasteiger partial charge in [0.2, 0.25) is 0 Å². The number of rotatable bonds is 6. The van der Waals surface area contributed by atoms with Crippen molar-refractivity contribution in [3.05, 3.63) is 83.9 Å². The second-order valence-corrected chi connectivity index (χ2v) is 21.3. The van der Waals surface area contributed by atoms with Crippen molar-refractivity contribution in [3.8, 4) is 22.9 Å². The van der Waals surface area contributed by atoms with E-state index in [2.05, 4.69) is 137 Å². The summed E-state index contributed by atoms with van der Waals surface area (Å²) in [6.07, 6.45) is 0. The van der Waals surface area contributed by atoms with E-state index in [9.17, 15) is 0 Å². The predicted octanol–water partition coefficient (Wildman–Crippen LogP) is 11.1. The molecular weight excluding hydrogens is 513 g/mol. The van der Waals surface area contributed by atoms with Gasteiger partial charge in [0.05, 0.1) is 0 Å². The maximum Gasteiger partial charge on any atom is 0.138 e. The van der Waals surface area contributed by atoms with Gasteiger partial charge >= 0.3 is 0 Å². The molecule has 0 unspecified atom stereocenters. The van der Waals surface area contributed by atoms with Gasteiger partial charge in [-0.2, -0.15) is 0 Å². The normalized spacial score (nSPS) is 11.9. The highest BCUT2D eigenvalue weighted by Gasteiger charge is 2.26. The van der Waals surface area contributed by atoms with E-state index in [0.717, 1.165) is 0 Å². The molecule has 0 spiro atoms. The summed E-state index contributed by atoms with van der Waals surface area (Å²) < 4.78 is 0. The fourth-order valence-electron chi connectivity index (χ4n) is 6.29. The largest absolute Gasteiger partial charge is 0.138 e. The van der Waals surface area contributed by atoms with E-state index >= 15 is 0 Å². The summed E-state index contributed by atoms with van der Waals surface area (Å²) in [5.41, 5.74) is 10.3. The molecule has 0 fully saturated rings. The lowest BCUT2D eigenvalue weighted by Gasteiger charge is -2.21. The van der Waals surface area contributed by atoms with Gasteiger partial charge in [0.15, 0.2) is 0 Å². The molecule has 0 atom stereocenters. The van der Waals surface area contributed by atoms with Crippen LogP contribution in [0.15, 0.2) is 72.8 Å². The zero-order chi connectivity index (χ0) is 28.3. The maximum atomic E-state index is 3.94. The Morgan fingerprint density at radius 2 is 0.675 bits per heavy atom. The summed E-state index contributed by atoms with van der Waals surface area (Å²) in [5.74, 6) is 7.72. The van der Waals surface area contributed by atoms with Crippen LogP contribution in [0.2, 0.25) is 36.3 Å². The third-order valence-electron chi connectivity index (χ3n) is 9.82. The van der Waals surface area contributed by atoms with Crippen LogP contribution in [0.1, 0.15) is 52.7 Å². The number of hydrogen-bond acceptors (Lipinski definition) is 0. The molecular formula is C38H42Si2. The standard InChI is InChI=1S/C38H42Si2/c1-7-39(8-2,9-3)23-21-33-35-25-29-17-13-15-19-31(29)27-37(35)34(22-24-40(10-4,11-5)12-6)38-28-32-20-16-14-18-30(32)26-36(33)38/h13-20,25-28H,7-12H2,1-6H3. The summed E-state index contributed by atoms with van der Waals surface area (Å²) in [5, 5.41) is 10.1. The lowest BCUT2D eigenvalue weighted by molar-refractivity contribution is 1.20. The van der Waals surface area contributed by atoms with Crippen molar-refractivity contribution >= 4 is 59.2 Å². The van der Waals surface area contributed by atoms with Gasteiger partial charge in [-0.1, -0.05) is 102 Å². The Morgan fingerprint density at radius 1 is 0.425 bits per heavy atom. The highest BCUT2D eigenvalue weighted by molar-refractivity contribution is 6.87. The van der Waals surface area contributed by atoms with Crippen LogP contribution in [0, 0.1) is 22.9 Å². The third-order valence-corrected chi connectivity index (χ3v) is 19.2. The van der Waals surface area contributed by atoms with Crippen molar-refractivity contribution in [2.45, 2.75) is 77.8 Å². The Balaban J connectivity index is 1.99. The van der Waals surface area contributed by atoms with E-state index in [4.69, 9.17) is 0 Å². The quantitative estimate of drug-likeness (QED) is 0.111. The molecule has 40 heavy (non-hydrogen) atoms. The highest BCUT2D eigenvalue weighted by Crippen LogP contribution is 2.37. The highest BCUT2D eigenvalue weighted by atomic mass is 28.3. The minimum atomic E-state index is -1.63. The topological polar surface area (TPSA) is 0 Å². The summed E-state index contributed by atoms with van der Waals surface area (Å²) in [6.45, 7) is 14.1. The van der Waals surface area contributed by atoms with Gasteiger partial charge < -0.3 is 0 Å². The van der Waals surface area contributed by atoms with Crippen LogP contribution in [-0.4, -0.2) is 16.1 Å². The Labute approximate surface area is 243 Å². The third kappa shape index (κ3) is 5.01. The van der Waals surface area contributed by atoms with E-state index in [-0.39, 0.29) is 0 Å². The average Bonchev–Trinajstić information content (AvgIpc) is 3.01. The molecule has 2 heteroatoms. The van der Waals surface area contributed by atoms with Gasteiger partial charge in [0.1, 0.15) is 16.1 Å². The molecule has 0 aliphatic rings. The monoisotopic (exact) mass is 554 g/mol. The molecule has 0 N–H and O–H groups in total. The molecule has 0 aliphatic carbocycles. The molecule has 0 aliphatic heterocycles. The predicted molar refractivity (Wildman–Crippen MR) is 185 cm³/mol. The lowest BCUT2D eigenvalue weighted by Crippen LogP contribution is -2.29. The van der Waals surface area contributed by atoms with Crippen LogP contribution in [0.5, 0.6) is 0 Å². The van der Waals surface area contributed by atoms with Crippen LogP contribution < -0.4 is 0 Å². The Kier molecular flexibility index (Phi) is 8.23. The van der Waals surface area contributed by atoms with Crippen molar-refractivity contribution < 1.29 is 0 Å². The van der Waals surface area contributed by atoms with Crippen LogP contribution in [0.4, 0.5) is 0 Å². The number of benzene rings is 5. The molecule has 0 amide bonds. The molecule has 0 saturated carbocycles. The van der Waals surface area contributed by atoms with Gasteiger partial charge in [-0.15, -0.1) is 11.1 Å². The van der Waals surface area contributed by atoms with Crippen LogP contribution in [0.25, 0.3) is 43.1 Å². The summed E-state index contributed by atoms with van der Waals surface area (Å²) in [7, 11) is -3.27. The number of hydrogen-bond donors (Lipinski definition) is 0. The molecule has 5 aromatic rings. The van der Waals surface area contributed by atoms with E-state index in [1.165, 1.54) is 90.5 Å². The molecule has 0 heterocycles. The zero-order valence-electron chi connectivity index (χ0n) is 25.2. The van der Waals surface area contributed by atoms with Crippen LogP contribution >= 0.6 is 0 Å². The zero-order valence-corrected chi connectivity index (χ0v) is 27.2. The van der Waals surface area contributed by atoms with E-state index in [1.54, 1.807) is 0 Å². The first-order chi connectivity index (χ1) is 19.5. The van der Waals surface area contributed by atoms with Crippen molar-refractivity contribution in [2.75, 3.05) is 0 Å². The van der Waals surface area contributed by atoms with Gasteiger partial charge in [-0.3, -0.25) is 0 Å². The molecule has 5 rings (SSSR count). The van der Waals surface area contributed by atoms with Crippen LogP contribution in [0.3, 0.4) is 0 Å². The SMILES string of the molecule is CC[Si](C#Cc1c2cc3ccccc3cc2c(C#C[Si](CC)(CC)CC)c2cc3ccccc3cc12)(CC)CC. The first-order valence-corrected chi connectivity index (χ1v) is 20.6. The maximum absolute atomic E-state index is 3.94. The fourth-order valence-corrected chi connectivity index (χ4v) is 11.1. The molecule has 202 valence electrons. The van der Waals surface area contributed by atoms with Crippen LogP contribution in [-0.2, 0) is 0 Å². The second kappa shape index (κ2) is 11.7. The second-order valence-electron chi connectivity index (χ2n) is 11.4. The van der Waals surface area contributed by atoms with E-state index in [1.807, 2.05) is 0 Å². The molecule has 5 aromatic carbocycles. The fraction of sp³-hybridized carbons (Fsp3) is 0.316. The first-order valence-electron chi connectivity index (χ1n) is 15.3. The smallest absolute Gasteiger partial charge is 0.126 e. The lowest BCUT2D eigenvalue weighted by atomic mass is 9.89. The Morgan fingerprint density at radius 3 is 0.900 bits per heavy atom. The molecule has 0 radical (unpaired) electrons. The van der Waals surface area contributed by atoms with Crippen molar-refractivity contribution in [1.29, 1.82) is 0 Å². The van der Waals surface area contributed by atoms with Crippen molar-refractivity contribution in [1.82, 2.24) is 0 Å². The molecule has 0 aromatic heterocycles. The summed E-state index contributed by atoms with van der Waals surface area (Å²) >= 11 is 0. The Hall–Kier alpha value is -3.31. The number of fused-ring (bicyclic) bond motifs is 4. The molecule has 0 saturated heterocycles.